The molecule has 0 aliphatic heterocycles. The molecule has 5 nitrogen and oxygen atoms in total. The molecule has 3 aromatic carbocycles. The van der Waals surface area contributed by atoms with Crippen molar-refractivity contribution in [2.24, 2.45) is 5.41 Å². The summed E-state index contributed by atoms with van der Waals surface area (Å²) < 4.78 is 7.94. The Morgan fingerprint density at radius 1 is 0.895 bits per heavy atom. The highest BCUT2D eigenvalue weighted by Gasteiger charge is 2.28. The lowest BCUT2D eigenvalue weighted by Gasteiger charge is -2.34. The number of ether oxygens (including phenoxy) is 1. The van der Waals surface area contributed by atoms with E-state index in [1.807, 2.05) is 66.9 Å². The summed E-state index contributed by atoms with van der Waals surface area (Å²) in [5.74, 6) is 1.02. The number of carbonyl (C=O) groups is 1. The van der Waals surface area contributed by atoms with Gasteiger partial charge in [0.05, 0.1) is 5.56 Å². The number of aryl methyl sites for hydroxylation is 1. The molecule has 2 aromatic heterocycles. The molecule has 1 N–H and O–H groups in total. The van der Waals surface area contributed by atoms with Crippen LogP contribution in [0.3, 0.4) is 0 Å². The van der Waals surface area contributed by atoms with Crippen LogP contribution in [0.25, 0.3) is 27.7 Å². The van der Waals surface area contributed by atoms with Gasteiger partial charge in [0.1, 0.15) is 22.9 Å². The summed E-state index contributed by atoms with van der Waals surface area (Å²) in [5, 5.41) is 5.88. The first kappa shape index (κ1) is 25.5. The number of imidazole rings is 1. The van der Waals surface area contributed by atoms with Gasteiger partial charge in [-0.05, 0) is 79.3 Å². The molecule has 0 unspecified atom stereocenters. The molecule has 38 heavy (non-hydrogen) atoms. The highest BCUT2D eigenvalue weighted by Crippen LogP contribution is 2.36. The second-order valence-corrected chi connectivity index (χ2v) is 11.9. The van der Waals surface area contributed by atoms with E-state index >= 15 is 0 Å². The van der Waals surface area contributed by atoms with Crippen LogP contribution in [0.2, 0.25) is 0 Å². The molecule has 0 saturated carbocycles. The number of pyridine rings is 1. The first-order valence-electron chi connectivity index (χ1n) is 13.1. The Bertz CT molecular complexity index is 1640. The number of benzene rings is 3. The first-order chi connectivity index (χ1) is 18.0. The van der Waals surface area contributed by atoms with E-state index in [4.69, 9.17) is 9.72 Å². The fraction of sp³-hybridized carbons (Fsp3) is 0.273. The van der Waals surface area contributed by atoms with Crippen molar-refractivity contribution < 1.29 is 9.53 Å². The van der Waals surface area contributed by atoms with Gasteiger partial charge in [-0.3, -0.25) is 4.40 Å². The predicted molar refractivity (Wildman–Crippen MR) is 156 cm³/mol. The third-order valence-corrected chi connectivity index (χ3v) is 6.58. The highest BCUT2D eigenvalue weighted by atomic mass is 16.5. The van der Waals surface area contributed by atoms with Crippen molar-refractivity contribution in [3.63, 3.8) is 0 Å². The number of esters is 1. The minimum absolute atomic E-state index is 0.157. The van der Waals surface area contributed by atoms with Crippen molar-refractivity contribution in [2.45, 2.75) is 53.5 Å². The Morgan fingerprint density at radius 2 is 1.66 bits per heavy atom. The average Bonchev–Trinajstić information content (AvgIpc) is 3.21. The lowest BCUT2D eigenvalue weighted by molar-refractivity contribution is 0.0735. The molecule has 0 saturated heterocycles. The maximum absolute atomic E-state index is 13.0. The van der Waals surface area contributed by atoms with E-state index in [9.17, 15) is 4.79 Å². The smallest absolute Gasteiger partial charge is 0.343 e. The van der Waals surface area contributed by atoms with Crippen LogP contribution in [0.15, 0.2) is 85.1 Å². The van der Waals surface area contributed by atoms with E-state index in [1.54, 1.807) is 12.1 Å². The van der Waals surface area contributed by atoms with Crippen LogP contribution in [0.1, 0.15) is 57.0 Å². The van der Waals surface area contributed by atoms with Crippen LogP contribution in [0, 0.1) is 12.3 Å². The van der Waals surface area contributed by atoms with Crippen molar-refractivity contribution in [1.29, 1.82) is 0 Å². The Labute approximate surface area is 224 Å². The van der Waals surface area contributed by atoms with Gasteiger partial charge >= 0.3 is 5.97 Å². The molecule has 0 aliphatic rings. The monoisotopic (exact) mass is 505 g/mol. The molecule has 0 spiro atoms. The Hall–Kier alpha value is -4.12. The summed E-state index contributed by atoms with van der Waals surface area (Å²) in [5.41, 5.74) is 4.20. The number of anilines is 1. The fourth-order valence-corrected chi connectivity index (χ4v) is 5.40. The first-order valence-corrected chi connectivity index (χ1v) is 13.1. The van der Waals surface area contributed by atoms with Crippen LogP contribution in [-0.2, 0) is 0 Å². The Kier molecular flexibility index (Phi) is 6.47. The molecule has 2 heterocycles. The third-order valence-electron chi connectivity index (χ3n) is 6.58. The summed E-state index contributed by atoms with van der Waals surface area (Å²) >= 11 is 0. The molecular formula is C33H35N3O2. The molecule has 5 aromatic rings. The average molecular weight is 506 g/mol. The van der Waals surface area contributed by atoms with Crippen molar-refractivity contribution in [2.75, 3.05) is 5.32 Å². The van der Waals surface area contributed by atoms with Gasteiger partial charge in [-0.1, -0.05) is 69.3 Å². The molecule has 0 fully saturated rings. The number of aromatic nitrogens is 2. The zero-order valence-electron chi connectivity index (χ0n) is 23.0. The van der Waals surface area contributed by atoms with Gasteiger partial charge in [0.25, 0.3) is 0 Å². The minimum Gasteiger partial charge on any atom is -0.423 e. The highest BCUT2D eigenvalue weighted by molar-refractivity contribution is 5.96. The molecule has 0 radical (unpaired) electrons. The quantitative estimate of drug-likeness (QED) is 0.186. The molecule has 5 heteroatoms. The van der Waals surface area contributed by atoms with E-state index in [2.05, 4.69) is 57.3 Å². The van der Waals surface area contributed by atoms with E-state index < -0.39 is 0 Å². The zero-order valence-corrected chi connectivity index (χ0v) is 23.0. The molecular weight excluding hydrogens is 470 g/mol. The van der Waals surface area contributed by atoms with Crippen LogP contribution >= 0.6 is 0 Å². The van der Waals surface area contributed by atoms with Gasteiger partial charge < -0.3 is 10.1 Å². The summed E-state index contributed by atoms with van der Waals surface area (Å²) in [6.45, 7) is 13.3. The summed E-state index contributed by atoms with van der Waals surface area (Å²) in [6, 6.07) is 25.3. The number of hydrogen-bond donors (Lipinski definition) is 1. The lowest BCUT2D eigenvalue weighted by Crippen LogP contribution is -2.36. The van der Waals surface area contributed by atoms with Crippen LogP contribution in [-0.4, -0.2) is 20.9 Å². The number of hydrogen-bond acceptors (Lipinski definition) is 4. The normalized spacial score (nSPS) is 12.2. The van der Waals surface area contributed by atoms with Crippen LogP contribution in [0.5, 0.6) is 5.75 Å². The van der Waals surface area contributed by atoms with Crippen molar-refractivity contribution >= 4 is 28.2 Å². The number of carbonyl (C=O) groups excluding carboxylic acids is 1. The van der Waals surface area contributed by atoms with E-state index in [0.717, 1.165) is 45.5 Å². The Balaban J connectivity index is 1.50. The van der Waals surface area contributed by atoms with E-state index in [1.165, 1.54) is 0 Å². The third kappa shape index (κ3) is 5.42. The van der Waals surface area contributed by atoms with Crippen molar-refractivity contribution in [3.05, 3.63) is 96.2 Å². The number of nitrogens with one attached hydrogen (secondary N) is 1. The van der Waals surface area contributed by atoms with Gasteiger partial charge in [0, 0.05) is 17.3 Å². The largest absolute Gasteiger partial charge is 0.423 e. The van der Waals surface area contributed by atoms with Crippen molar-refractivity contribution in [3.8, 4) is 17.0 Å². The zero-order chi connectivity index (χ0) is 27.1. The molecule has 0 bridgehead atoms. The number of nitrogens with zero attached hydrogens (tertiary/aromatic N) is 2. The molecule has 194 valence electrons. The predicted octanol–water partition coefficient (Wildman–Crippen LogP) is 8.31. The summed E-state index contributed by atoms with van der Waals surface area (Å²) in [7, 11) is 0. The SMILES string of the molecule is Cc1cccn2c(NC(C)(C)CC(C)(C)C)c(-c3cccc(OC(=O)c4ccc5ccccc5c4)c3)nc12. The minimum atomic E-state index is -0.386. The second-order valence-electron chi connectivity index (χ2n) is 11.9. The molecule has 0 aliphatic carbocycles. The topological polar surface area (TPSA) is 55.6 Å². The van der Waals surface area contributed by atoms with Gasteiger partial charge in [0.15, 0.2) is 0 Å². The van der Waals surface area contributed by atoms with Gasteiger partial charge in [-0.25, -0.2) is 9.78 Å². The van der Waals surface area contributed by atoms with Gasteiger partial charge in [-0.15, -0.1) is 0 Å². The van der Waals surface area contributed by atoms with E-state index in [0.29, 0.717) is 11.3 Å². The van der Waals surface area contributed by atoms with Crippen molar-refractivity contribution in [1.82, 2.24) is 9.38 Å². The van der Waals surface area contributed by atoms with Gasteiger partial charge in [-0.2, -0.15) is 0 Å². The summed E-state index contributed by atoms with van der Waals surface area (Å²) in [4.78, 5) is 18.1. The fourth-order valence-electron chi connectivity index (χ4n) is 5.40. The number of rotatable bonds is 6. The maximum atomic E-state index is 13.0. The van der Waals surface area contributed by atoms with Crippen LogP contribution in [0.4, 0.5) is 5.82 Å². The lowest BCUT2D eigenvalue weighted by atomic mass is 9.82. The second kappa shape index (κ2) is 9.64. The number of fused-ring (bicyclic) bond motifs is 2. The molecule has 0 amide bonds. The van der Waals surface area contributed by atoms with Crippen LogP contribution < -0.4 is 10.1 Å². The van der Waals surface area contributed by atoms with E-state index in [-0.39, 0.29) is 16.9 Å². The molecule has 0 atom stereocenters. The maximum Gasteiger partial charge on any atom is 0.343 e. The standard InChI is InChI=1S/C33H35N3O2/c1-22-11-10-18-36-29(22)34-28(30(36)35-33(5,6)21-32(2,3)4)25-14-9-15-27(20-25)38-31(37)26-17-16-23-12-7-8-13-24(23)19-26/h7-20,35H,21H2,1-6H3. The molecule has 5 rings (SSSR count). The van der Waals surface area contributed by atoms with Gasteiger partial charge in [0.2, 0.25) is 0 Å². The summed E-state index contributed by atoms with van der Waals surface area (Å²) in [6.07, 6.45) is 3.01. The Morgan fingerprint density at radius 3 is 2.42 bits per heavy atom.